The zero-order valence-electron chi connectivity index (χ0n) is 20.7. The predicted octanol–water partition coefficient (Wildman–Crippen LogP) is 5.60. The van der Waals surface area contributed by atoms with Gasteiger partial charge in [0.2, 0.25) is 0 Å². The fraction of sp³-hybridized carbons (Fsp3) is 0.370. The standard InChI is InChI=1S/C27H34N4O4/c1-4-5-6-7-8-9-16-35-22-13-10-20(11-14-22)24-18-25(30-29-24)27(32)31-28-19-21-12-15-23(33-2)17-26(21)34-3/h10-15,17-19H,4-9,16H2,1-3H3,(H,29,30)(H,31,32)/b28-19+. The molecule has 0 bridgehead atoms. The van der Waals surface area contributed by atoms with Gasteiger partial charge in [0.15, 0.2) is 0 Å². The summed E-state index contributed by atoms with van der Waals surface area (Å²) in [5, 5.41) is 11.0. The summed E-state index contributed by atoms with van der Waals surface area (Å²) in [5.41, 5.74) is 5.07. The maximum absolute atomic E-state index is 12.5. The molecular weight excluding hydrogens is 444 g/mol. The summed E-state index contributed by atoms with van der Waals surface area (Å²) < 4.78 is 16.3. The molecule has 0 aliphatic carbocycles. The molecule has 2 aromatic carbocycles. The largest absolute Gasteiger partial charge is 0.497 e. The van der Waals surface area contributed by atoms with E-state index in [1.807, 2.05) is 24.3 Å². The second-order valence-corrected chi connectivity index (χ2v) is 8.11. The summed E-state index contributed by atoms with van der Waals surface area (Å²) in [5.74, 6) is 1.70. The number of hydrazone groups is 1. The smallest absolute Gasteiger partial charge is 0.289 e. The number of amides is 1. The summed E-state index contributed by atoms with van der Waals surface area (Å²) in [6, 6.07) is 14.7. The number of hydrogen-bond donors (Lipinski definition) is 2. The number of hydrogen-bond acceptors (Lipinski definition) is 6. The number of ether oxygens (including phenoxy) is 3. The molecule has 35 heavy (non-hydrogen) atoms. The number of carbonyl (C=O) groups is 1. The van der Waals surface area contributed by atoms with Gasteiger partial charge in [-0.15, -0.1) is 0 Å². The maximum atomic E-state index is 12.5. The Morgan fingerprint density at radius 3 is 2.46 bits per heavy atom. The number of methoxy groups -OCH3 is 2. The first-order valence-electron chi connectivity index (χ1n) is 12.0. The molecule has 0 unspecified atom stereocenters. The highest BCUT2D eigenvalue weighted by Gasteiger charge is 2.11. The van der Waals surface area contributed by atoms with Crippen LogP contribution in [-0.4, -0.2) is 43.1 Å². The zero-order valence-corrected chi connectivity index (χ0v) is 20.7. The van der Waals surface area contributed by atoms with Gasteiger partial charge in [0, 0.05) is 17.2 Å². The van der Waals surface area contributed by atoms with E-state index in [1.165, 1.54) is 38.3 Å². The molecule has 0 radical (unpaired) electrons. The van der Waals surface area contributed by atoms with Crippen molar-refractivity contribution >= 4 is 12.1 Å². The van der Waals surface area contributed by atoms with E-state index in [4.69, 9.17) is 14.2 Å². The highest BCUT2D eigenvalue weighted by Crippen LogP contribution is 2.23. The highest BCUT2D eigenvalue weighted by atomic mass is 16.5. The van der Waals surface area contributed by atoms with Gasteiger partial charge in [0.25, 0.3) is 5.91 Å². The van der Waals surface area contributed by atoms with Gasteiger partial charge in [-0.2, -0.15) is 10.2 Å². The molecule has 8 heteroatoms. The van der Waals surface area contributed by atoms with Crippen molar-refractivity contribution in [3.63, 3.8) is 0 Å². The summed E-state index contributed by atoms with van der Waals surface area (Å²) in [6.07, 6.45) is 8.93. The lowest BCUT2D eigenvalue weighted by atomic mass is 10.1. The van der Waals surface area contributed by atoms with Gasteiger partial charge in [-0.25, -0.2) is 5.43 Å². The first-order valence-corrected chi connectivity index (χ1v) is 12.0. The molecule has 186 valence electrons. The zero-order chi connectivity index (χ0) is 24.9. The lowest BCUT2D eigenvalue weighted by Crippen LogP contribution is -2.18. The maximum Gasteiger partial charge on any atom is 0.289 e. The van der Waals surface area contributed by atoms with Crippen LogP contribution in [0.5, 0.6) is 17.2 Å². The van der Waals surface area contributed by atoms with Crippen molar-refractivity contribution in [1.29, 1.82) is 0 Å². The highest BCUT2D eigenvalue weighted by molar-refractivity contribution is 5.94. The Bertz CT molecular complexity index is 1090. The van der Waals surface area contributed by atoms with E-state index in [9.17, 15) is 4.79 Å². The summed E-state index contributed by atoms with van der Waals surface area (Å²) >= 11 is 0. The van der Waals surface area contributed by atoms with Crippen LogP contribution in [0.15, 0.2) is 53.6 Å². The molecular formula is C27H34N4O4. The topological polar surface area (TPSA) is 97.8 Å². The number of aromatic amines is 1. The van der Waals surface area contributed by atoms with Crippen LogP contribution in [0.3, 0.4) is 0 Å². The number of H-pyrrole nitrogens is 1. The van der Waals surface area contributed by atoms with Crippen molar-refractivity contribution in [3.05, 3.63) is 59.8 Å². The van der Waals surface area contributed by atoms with E-state index in [0.29, 0.717) is 28.5 Å². The fourth-order valence-corrected chi connectivity index (χ4v) is 3.53. The van der Waals surface area contributed by atoms with Crippen molar-refractivity contribution in [2.75, 3.05) is 20.8 Å². The minimum atomic E-state index is -0.397. The lowest BCUT2D eigenvalue weighted by Gasteiger charge is -2.06. The van der Waals surface area contributed by atoms with E-state index in [1.54, 1.807) is 38.5 Å². The Hall–Kier alpha value is -3.81. The molecule has 1 heterocycles. The van der Waals surface area contributed by atoms with Gasteiger partial charge >= 0.3 is 0 Å². The quantitative estimate of drug-likeness (QED) is 0.179. The molecule has 0 atom stereocenters. The number of benzene rings is 2. The molecule has 0 saturated carbocycles. The summed E-state index contributed by atoms with van der Waals surface area (Å²) in [7, 11) is 3.14. The molecule has 8 nitrogen and oxygen atoms in total. The Morgan fingerprint density at radius 1 is 0.971 bits per heavy atom. The van der Waals surface area contributed by atoms with Crippen LogP contribution in [0.4, 0.5) is 0 Å². The molecule has 1 aromatic heterocycles. The Balaban J connectivity index is 1.49. The molecule has 0 aliphatic rings. The monoisotopic (exact) mass is 478 g/mol. The number of aromatic nitrogens is 2. The van der Waals surface area contributed by atoms with Crippen LogP contribution in [0.1, 0.15) is 61.5 Å². The number of unbranched alkanes of at least 4 members (excludes halogenated alkanes) is 5. The van der Waals surface area contributed by atoms with Crippen molar-refractivity contribution in [2.45, 2.75) is 45.4 Å². The minimum Gasteiger partial charge on any atom is -0.497 e. The first kappa shape index (κ1) is 25.8. The van der Waals surface area contributed by atoms with E-state index >= 15 is 0 Å². The van der Waals surface area contributed by atoms with Gasteiger partial charge in [-0.1, -0.05) is 39.0 Å². The van der Waals surface area contributed by atoms with E-state index in [0.717, 1.165) is 24.3 Å². The third kappa shape index (κ3) is 7.88. The van der Waals surface area contributed by atoms with Gasteiger partial charge in [0.05, 0.1) is 32.7 Å². The number of rotatable bonds is 14. The van der Waals surface area contributed by atoms with Crippen LogP contribution >= 0.6 is 0 Å². The van der Waals surface area contributed by atoms with Crippen molar-refractivity contribution in [3.8, 4) is 28.5 Å². The van der Waals surface area contributed by atoms with Crippen molar-refractivity contribution in [1.82, 2.24) is 15.6 Å². The third-order valence-corrected chi connectivity index (χ3v) is 5.55. The third-order valence-electron chi connectivity index (χ3n) is 5.55. The average Bonchev–Trinajstić information content (AvgIpc) is 3.39. The van der Waals surface area contributed by atoms with Gasteiger partial charge in [-0.3, -0.25) is 9.89 Å². The van der Waals surface area contributed by atoms with Crippen LogP contribution in [0.2, 0.25) is 0 Å². The van der Waals surface area contributed by atoms with Crippen molar-refractivity contribution in [2.24, 2.45) is 5.10 Å². The second kappa shape index (κ2) is 13.8. The Morgan fingerprint density at radius 2 is 1.71 bits per heavy atom. The van der Waals surface area contributed by atoms with Gasteiger partial charge in [-0.05, 0) is 48.9 Å². The lowest BCUT2D eigenvalue weighted by molar-refractivity contribution is 0.0950. The van der Waals surface area contributed by atoms with E-state index in [-0.39, 0.29) is 0 Å². The number of carbonyl (C=O) groups excluding carboxylic acids is 1. The molecule has 3 aromatic rings. The second-order valence-electron chi connectivity index (χ2n) is 8.11. The van der Waals surface area contributed by atoms with Crippen LogP contribution in [-0.2, 0) is 0 Å². The molecule has 0 fully saturated rings. The van der Waals surface area contributed by atoms with Crippen molar-refractivity contribution < 1.29 is 19.0 Å². The van der Waals surface area contributed by atoms with E-state index < -0.39 is 5.91 Å². The molecule has 0 aliphatic heterocycles. The van der Waals surface area contributed by atoms with Crippen LogP contribution in [0, 0.1) is 0 Å². The number of nitrogens with one attached hydrogen (secondary N) is 2. The van der Waals surface area contributed by atoms with Crippen LogP contribution < -0.4 is 19.6 Å². The molecule has 2 N–H and O–H groups in total. The molecule has 0 saturated heterocycles. The first-order chi connectivity index (χ1) is 17.1. The number of nitrogens with zero attached hydrogens (tertiary/aromatic N) is 2. The van der Waals surface area contributed by atoms with Gasteiger partial charge < -0.3 is 14.2 Å². The summed E-state index contributed by atoms with van der Waals surface area (Å²) in [6.45, 7) is 2.95. The summed E-state index contributed by atoms with van der Waals surface area (Å²) in [4.78, 5) is 12.5. The fourth-order valence-electron chi connectivity index (χ4n) is 3.53. The Kier molecular flexibility index (Phi) is 10.2. The van der Waals surface area contributed by atoms with Gasteiger partial charge in [0.1, 0.15) is 22.9 Å². The van der Waals surface area contributed by atoms with Crippen LogP contribution in [0.25, 0.3) is 11.3 Å². The average molecular weight is 479 g/mol. The Labute approximate surface area is 206 Å². The predicted molar refractivity (Wildman–Crippen MR) is 138 cm³/mol. The molecule has 0 spiro atoms. The van der Waals surface area contributed by atoms with E-state index in [2.05, 4.69) is 27.6 Å². The molecule has 1 amide bonds. The minimum absolute atomic E-state index is 0.308. The molecule has 3 rings (SSSR count). The normalized spacial score (nSPS) is 10.9. The SMILES string of the molecule is CCCCCCCCOc1ccc(-c2cc(C(=O)N/N=C/c3ccc(OC)cc3OC)[nH]n2)cc1.